The van der Waals surface area contributed by atoms with Gasteiger partial charge in [-0.3, -0.25) is 0 Å². The number of nitrogens with one attached hydrogen (secondary N) is 2. The van der Waals surface area contributed by atoms with Gasteiger partial charge in [0.25, 0.3) is 0 Å². The molecule has 0 fully saturated rings. The maximum Gasteiger partial charge on any atom is 0.119 e. The van der Waals surface area contributed by atoms with E-state index in [1.807, 2.05) is 38.4 Å². The molecule has 3 heteroatoms. The quantitative estimate of drug-likeness (QED) is 0.829. The van der Waals surface area contributed by atoms with Gasteiger partial charge in [0.05, 0.1) is 6.10 Å². The largest absolute Gasteiger partial charge is 0.491 e. The lowest BCUT2D eigenvalue weighted by Crippen LogP contribution is -2.17. The number of benzene rings is 1. The molecule has 1 unspecified atom stereocenters. The Morgan fingerprint density at radius 3 is 2.42 bits per heavy atom. The van der Waals surface area contributed by atoms with E-state index in [9.17, 15) is 0 Å². The molecule has 3 nitrogen and oxygen atoms in total. The smallest absolute Gasteiger partial charge is 0.119 e. The Morgan fingerprint density at radius 2 is 1.84 bits per heavy atom. The van der Waals surface area contributed by atoms with Gasteiger partial charge in [-0.1, -0.05) is 12.1 Å². The molecule has 0 saturated carbocycles. The summed E-state index contributed by atoms with van der Waals surface area (Å²) in [6.07, 6.45) is 4.17. The molecule has 2 N–H and O–H groups in total. The summed E-state index contributed by atoms with van der Waals surface area (Å²) >= 11 is 0. The average molecular weight is 258 g/mol. The molecular weight excluding hydrogens is 236 g/mol. The number of ether oxygens (including phenoxy) is 1. The molecule has 19 heavy (non-hydrogen) atoms. The number of rotatable bonds is 6. The van der Waals surface area contributed by atoms with Crippen molar-refractivity contribution in [2.24, 2.45) is 0 Å². The second kappa shape index (κ2) is 6.43. The van der Waals surface area contributed by atoms with Gasteiger partial charge in [-0.15, -0.1) is 0 Å². The molecule has 2 rings (SSSR count). The molecule has 0 radical (unpaired) electrons. The van der Waals surface area contributed by atoms with Crippen LogP contribution in [0.5, 0.6) is 5.75 Å². The Morgan fingerprint density at radius 1 is 1.11 bits per heavy atom. The summed E-state index contributed by atoms with van der Waals surface area (Å²) in [5.41, 5.74) is 2.54. The maximum absolute atomic E-state index is 5.64. The standard InChI is InChI=1S/C16H22N2O/c1-12(2)19-16-6-4-15(5-7-16)13(3)18-11-14-8-9-17-10-14/h4-10,12-13,17-18H,11H2,1-3H3. The molecule has 0 spiro atoms. The van der Waals surface area contributed by atoms with E-state index in [-0.39, 0.29) is 6.10 Å². The molecule has 0 aliphatic rings. The zero-order valence-corrected chi connectivity index (χ0v) is 11.8. The van der Waals surface area contributed by atoms with Crippen molar-refractivity contribution >= 4 is 0 Å². The first-order chi connectivity index (χ1) is 9.15. The van der Waals surface area contributed by atoms with Gasteiger partial charge >= 0.3 is 0 Å². The van der Waals surface area contributed by atoms with E-state index >= 15 is 0 Å². The number of H-pyrrole nitrogens is 1. The topological polar surface area (TPSA) is 37.0 Å². The Bertz CT molecular complexity index is 474. The number of aromatic amines is 1. The van der Waals surface area contributed by atoms with Crippen molar-refractivity contribution in [3.05, 3.63) is 53.9 Å². The number of hydrogen-bond acceptors (Lipinski definition) is 2. The highest BCUT2D eigenvalue weighted by Gasteiger charge is 2.05. The lowest BCUT2D eigenvalue weighted by molar-refractivity contribution is 0.242. The van der Waals surface area contributed by atoms with Crippen LogP contribution in [-0.2, 0) is 6.54 Å². The third kappa shape index (κ3) is 4.14. The van der Waals surface area contributed by atoms with Gasteiger partial charge in [-0.2, -0.15) is 0 Å². The normalized spacial score (nSPS) is 12.6. The van der Waals surface area contributed by atoms with Crippen LogP contribution in [0.25, 0.3) is 0 Å². The minimum Gasteiger partial charge on any atom is -0.491 e. The predicted octanol–water partition coefficient (Wildman–Crippen LogP) is 3.65. The SMILES string of the molecule is CC(C)Oc1ccc(C(C)NCc2cc[nH]c2)cc1. The van der Waals surface area contributed by atoms with Crippen LogP contribution in [-0.4, -0.2) is 11.1 Å². The van der Waals surface area contributed by atoms with Crippen molar-refractivity contribution in [2.45, 2.75) is 39.5 Å². The van der Waals surface area contributed by atoms with Crippen LogP contribution in [0.1, 0.15) is 37.9 Å². The van der Waals surface area contributed by atoms with E-state index in [0.29, 0.717) is 6.04 Å². The van der Waals surface area contributed by atoms with E-state index in [1.165, 1.54) is 11.1 Å². The van der Waals surface area contributed by atoms with Crippen molar-refractivity contribution in [1.82, 2.24) is 10.3 Å². The lowest BCUT2D eigenvalue weighted by Gasteiger charge is -2.15. The molecule has 2 aromatic rings. The number of aromatic nitrogens is 1. The van der Waals surface area contributed by atoms with Gasteiger partial charge < -0.3 is 15.0 Å². The zero-order valence-electron chi connectivity index (χ0n) is 11.8. The molecule has 1 atom stereocenters. The van der Waals surface area contributed by atoms with Gasteiger partial charge in [-0.05, 0) is 50.1 Å². The maximum atomic E-state index is 5.64. The van der Waals surface area contributed by atoms with Crippen molar-refractivity contribution in [3.8, 4) is 5.75 Å². The third-order valence-electron chi connectivity index (χ3n) is 3.03. The molecule has 0 aliphatic carbocycles. The van der Waals surface area contributed by atoms with E-state index < -0.39 is 0 Å². The van der Waals surface area contributed by atoms with Crippen LogP contribution < -0.4 is 10.1 Å². The average Bonchev–Trinajstić information content (AvgIpc) is 2.89. The number of hydrogen-bond donors (Lipinski definition) is 2. The molecule has 102 valence electrons. The molecule has 1 heterocycles. The van der Waals surface area contributed by atoms with Gasteiger partial charge in [-0.25, -0.2) is 0 Å². The second-order valence-electron chi connectivity index (χ2n) is 5.06. The summed E-state index contributed by atoms with van der Waals surface area (Å²) in [6.45, 7) is 7.11. The molecule has 1 aromatic heterocycles. The van der Waals surface area contributed by atoms with Gasteiger partial charge in [0.15, 0.2) is 0 Å². The van der Waals surface area contributed by atoms with Gasteiger partial charge in [0, 0.05) is 25.0 Å². The molecule has 0 aliphatic heterocycles. The Hall–Kier alpha value is -1.74. The predicted molar refractivity (Wildman–Crippen MR) is 78.3 cm³/mol. The van der Waals surface area contributed by atoms with E-state index in [2.05, 4.69) is 35.4 Å². The minimum absolute atomic E-state index is 0.218. The monoisotopic (exact) mass is 258 g/mol. The summed E-state index contributed by atoms with van der Waals surface area (Å²) < 4.78 is 5.64. The van der Waals surface area contributed by atoms with Crippen LogP contribution in [0.4, 0.5) is 0 Å². The summed E-state index contributed by atoms with van der Waals surface area (Å²) in [5.74, 6) is 0.927. The first-order valence-electron chi connectivity index (χ1n) is 6.77. The lowest BCUT2D eigenvalue weighted by atomic mass is 10.1. The van der Waals surface area contributed by atoms with Crippen LogP contribution in [0.15, 0.2) is 42.7 Å². The fraction of sp³-hybridized carbons (Fsp3) is 0.375. The Balaban J connectivity index is 1.90. The highest BCUT2D eigenvalue weighted by molar-refractivity contribution is 5.29. The minimum atomic E-state index is 0.218. The van der Waals surface area contributed by atoms with Crippen molar-refractivity contribution < 1.29 is 4.74 Å². The fourth-order valence-corrected chi connectivity index (χ4v) is 1.96. The van der Waals surface area contributed by atoms with Crippen molar-refractivity contribution in [1.29, 1.82) is 0 Å². The molecule has 0 amide bonds. The van der Waals surface area contributed by atoms with Crippen molar-refractivity contribution in [2.75, 3.05) is 0 Å². The highest BCUT2D eigenvalue weighted by Crippen LogP contribution is 2.18. The van der Waals surface area contributed by atoms with Crippen LogP contribution in [0, 0.1) is 0 Å². The van der Waals surface area contributed by atoms with E-state index in [1.54, 1.807) is 0 Å². The van der Waals surface area contributed by atoms with Crippen LogP contribution >= 0.6 is 0 Å². The summed E-state index contributed by atoms with van der Waals surface area (Å²) in [4.78, 5) is 3.06. The van der Waals surface area contributed by atoms with E-state index in [4.69, 9.17) is 4.74 Å². The summed E-state index contributed by atoms with van der Waals surface area (Å²) in [5, 5.41) is 3.50. The first kappa shape index (κ1) is 13.7. The molecule has 0 saturated heterocycles. The zero-order chi connectivity index (χ0) is 13.7. The van der Waals surface area contributed by atoms with Gasteiger partial charge in [0.1, 0.15) is 5.75 Å². The summed E-state index contributed by atoms with van der Waals surface area (Å²) in [7, 11) is 0. The first-order valence-corrected chi connectivity index (χ1v) is 6.77. The molecular formula is C16H22N2O. The third-order valence-corrected chi connectivity index (χ3v) is 3.03. The summed E-state index contributed by atoms with van der Waals surface area (Å²) in [6, 6.07) is 10.7. The van der Waals surface area contributed by atoms with Crippen LogP contribution in [0.3, 0.4) is 0 Å². The Kier molecular flexibility index (Phi) is 4.63. The second-order valence-corrected chi connectivity index (χ2v) is 5.06. The van der Waals surface area contributed by atoms with Gasteiger partial charge in [0.2, 0.25) is 0 Å². The molecule has 0 bridgehead atoms. The molecule has 1 aromatic carbocycles. The highest BCUT2D eigenvalue weighted by atomic mass is 16.5. The van der Waals surface area contributed by atoms with E-state index in [0.717, 1.165) is 12.3 Å². The van der Waals surface area contributed by atoms with Crippen molar-refractivity contribution in [3.63, 3.8) is 0 Å². The fourth-order valence-electron chi connectivity index (χ4n) is 1.96. The Labute approximate surface area is 115 Å². The van der Waals surface area contributed by atoms with Crippen LogP contribution in [0.2, 0.25) is 0 Å².